The maximum atomic E-state index is 11.8. The fourth-order valence-electron chi connectivity index (χ4n) is 1.65. The largest absolute Gasteiger partial charge is 0.318 e. The van der Waals surface area contributed by atoms with Crippen molar-refractivity contribution in [1.29, 1.82) is 0 Å². The molecule has 21 heavy (non-hydrogen) atoms. The van der Waals surface area contributed by atoms with Gasteiger partial charge in [0.25, 0.3) is 0 Å². The third-order valence-electron chi connectivity index (χ3n) is 2.97. The van der Waals surface area contributed by atoms with Gasteiger partial charge in [-0.05, 0) is 38.0 Å². The van der Waals surface area contributed by atoms with Gasteiger partial charge in [0.2, 0.25) is 5.91 Å². The number of nitrogens with two attached hydrogens (primary N) is 1. The van der Waals surface area contributed by atoms with E-state index in [1.807, 2.05) is 25.1 Å². The zero-order chi connectivity index (χ0) is 15.6. The van der Waals surface area contributed by atoms with Crippen molar-refractivity contribution in [2.75, 3.05) is 5.32 Å². The summed E-state index contributed by atoms with van der Waals surface area (Å²) in [4.78, 5) is 17.1. The highest BCUT2D eigenvalue weighted by atomic mass is 35.5. The summed E-state index contributed by atoms with van der Waals surface area (Å²) >= 11 is 7.56. The maximum absolute atomic E-state index is 11.8. The number of halogens is 1. The van der Waals surface area contributed by atoms with Gasteiger partial charge in [-0.15, -0.1) is 11.3 Å². The van der Waals surface area contributed by atoms with Gasteiger partial charge in [0, 0.05) is 22.5 Å². The number of hydrogen-bond donors (Lipinski definition) is 2. The van der Waals surface area contributed by atoms with Crippen LogP contribution in [0, 0.1) is 6.92 Å². The first kappa shape index (κ1) is 15.9. The number of benzene rings is 1. The lowest BCUT2D eigenvalue weighted by Gasteiger charge is -2.16. The summed E-state index contributed by atoms with van der Waals surface area (Å²) in [5.41, 5.74) is 6.99. The molecule has 3 N–H and O–H groups in total. The first-order valence-corrected chi connectivity index (χ1v) is 7.75. The van der Waals surface area contributed by atoms with Crippen LogP contribution in [0.5, 0.6) is 0 Å². The van der Waals surface area contributed by atoms with Crippen molar-refractivity contribution in [3.05, 3.63) is 45.4 Å². The summed E-state index contributed by atoms with van der Waals surface area (Å²) in [5, 5.41) is 4.05. The molecule has 0 unspecified atom stereocenters. The Morgan fingerprint density at radius 2 is 2.19 bits per heavy atom. The molecule has 1 aromatic carbocycles. The predicted molar refractivity (Wildman–Crippen MR) is 88.0 cm³/mol. The van der Waals surface area contributed by atoms with E-state index in [1.54, 1.807) is 20.0 Å². The summed E-state index contributed by atoms with van der Waals surface area (Å²) in [5.74, 6) is -0.248. The Hall–Kier alpha value is -1.43. The lowest BCUT2D eigenvalue weighted by Crippen LogP contribution is -2.45. The van der Waals surface area contributed by atoms with Crippen LogP contribution in [0.1, 0.15) is 29.9 Å². The molecule has 1 heterocycles. The lowest BCUT2D eigenvalue weighted by molar-refractivity contribution is -0.120. The quantitative estimate of drug-likeness (QED) is 0.906. The van der Waals surface area contributed by atoms with Gasteiger partial charge in [-0.25, -0.2) is 4.98 Å². The summed E-state index contributed by atoms with van der Waals surface area (Å²) in [6.07, 6.45) is 2.50. The highest BCUT2D eigenvalue weighted by Gasteiger charge is 2.22. The fraction of sp³-hybridized carbons (Fsp3) is 0.333. The Kier molecular flexibility index (Phi) is 4.66. The number of aromatic nitrogens is 1. The minimum Gasteiger partial charge on any atom is -0.318 e. The molecule has 1 amide bonds. The standard InChI is InChI=1S/C15H18ClN3OS/c1-9-4-5-10(7-12(9)16)6-11-8-18-14(21-11)19-13(20)15(2,3)17/h4-5,7-8H,6,17H2,1-3H3,(H,18,19,20). The molecule has 0 atom stereocenters. The topological polar surface area (TPSA) is 68.0 Å². The van der Waals surface area contributed by atoms with E-state index in [0.29, 0.717) is 5.13 Å². The van der Waals surface area contributed by atoms with Crippen LogP contribution >= 0.6 is 22.9 Å². The summed E-state index contributed by atoms with van der Waals surface area (Å²) in [6.45, 7) is 5.29. The molecule has 0 aliphatic carbocycles. The molecule has 0 saturated carbocycles. The van der Waals surface area contributed by atoms with Gasteiger partial charge in [0.15, 0.2) is 5.13 Å². The summed E-state index contributed by atoms with van der Waals surface area (Å²) in [6, 6.07) is 6.00. The van der Waals surface area contributed by atoms with Crippen molar-refractivity contribution in [2.45, 2.75) is 32.7 Å². The molecule has 4 nitrogen and oxygen atoms in total. The van der Waals surface area contributed by atoms with Gasteiger partial charge in [-0.1, -0.05) is 23.7 Å². The molecule has 2 rings (SSSR count). The molecular weight excluding hydrogens is 306 g/mol. The zero-order valence-corrected chi connectivity index (χ0v) is 13.8. The van der Waals surface area contributed by atoms with E-state index in [1.165, 1.54) is 11.3 Å². The molecule has 2 aromatic rings. The number of thiazole rings is 1. The minimum atomic E-state index is -0.920. The van der Waals surface area contributed by atoms with E-state index in [4.69, 9.17) is 17.3 Å². The second-order valence-corrected chi connectivity index (χ2v) is 7.09. The van der Waals surface area contributed by atoms with Crippen molar-refractivity contribution >= 4 is 34.0 Å². The molecule has 0 radical (unpaired) electrons. The van der Waals surface area contributed by atoms with Crippen LogP contribution in [0.4, 0.5) is 5.13 Å². The van der Waals surface area contributed by atoms with Crippen LogP contribution in [0.25, 0.3) is 0 Å². The van der Waals surface area contributed by atoms with E-state index in [2.05, 4.69) is 10.3 Å². The van der Waals surface area contributed by atoms with E-state index in [9.17, 15) is 4.79 Å². The third kappa shape index (κ3) is 4.27. The average molecular weight is 324 g/mol. The maximum Gasteiger partial charge on any atom is 0.245 e. The Balaban J connectivity index is 2.06. The number of carbonyl (C=O) groups is 1. The van der Waals surface area contributed by atoms with E-state index in [-0.39, 0.29) is 5.91 Å². The Morgan fingerprint density at radius 3 is 2.81 bits per heavy atom. The molecule has 112 valence electrons. The molecule has 0 fully saturated rings. The predicted octanol–water partition coefficient (Wildman–Crippen LogP) is 3.37. The fourth-order valence-corrected chi connectivity index (χ4v) is 2.70. The number of rotatable bonds is 4. The van der Waals surface area contributed by atoms with Crippen LogP contribution in [-0.4, -0.2) is 16.4 Å². The first-order chi connectivity index (χ1) is 9.75. The highest BCUT2D eigenvalue weighted by Crippen LogP contribution is 2.24. The molecule has 6 heteroatoms. The summed E-state index contributed by atoms with van der Waals surface area (Å²) in [7, 11) is 0. The van der Waals surface area contributed by atoms with Gasteiger partial charge in [0.05, 0.1) is 5.54 Å². The number of aryl methyl sites for hydroxylation is 1. The van der Waals surface area contributed by atoms with Crippen LogP contribution in [0.15, 0.2) is 24.4 Å². The second kappa shape index (κ2) is 6.13. The molecule has 0 saturated heterocycles. The highest BCUT2D eigenvalue weighted by molar-refractivity contribution is 7.15. The van der Waals surface area contributed by atoms with Crippen molar-refractivity contribution in [2.24, 2.45) is 5.73 Å². The second-order valence-electron chi connectivity index (χ2n) is 5.57. The van der Waals surface area contributed by atoms with E-state index < -0.39 is 5.54 Å². The molecular formula is C15H18ClN3OS. The Labute approximate surface area is 133 Å². The van der Waals surface area contributed by atoms with Gasteiger partial charge in [0.1, 0.15) is 0 Å². The van der Waals surface area contributed by atoms with Crippen molar-refractivity contribution in [3.8, 4) is 0 Å². The van der Waals surface area contributed by atoms with Gasteiger partial charge < -0.3 is 11.1 Å². The molecule has 1 aromatic heterocycles. The molecule has 0 spiro atoms. The van der Waals surface area contributed by atoms with E-state index in [0.717, 1.165) is 27.4 Å². The number of hydrogen-bond acceptors (Lipinski definition) is 4. The van der Waals surface area contributed by atoms with Gasteiger partial charge in [-0.3, -0.25) is 4.79 Å². The minimum absolute atomic E-state index is 0.248. The van der Waals surface area contributed by atoms with Crippen LogP contribution in [0.3, 0.4) is 0 Å². The van der Waals surface area contributed by atoms with Crippen molar-refractivity contribution in [1.82, 2.24) is 4.98 Å². The third-order valence-corrected chi connectivity index (χ3v) is 4.29. The average Bonchev–Trinajstić information content (AvgIpc) is 2.80. The zero-order valence-electron chi connectivity index (χ0n) is 12.2. The Bertz CT molecular complexity index is 661. The van der Waals surface area contributed by atoms with E-state index >= 15 is 0 Å². The van der Waals surface area contributed by atoms with Gasteiger partial charge in [-0.2, -0.15) is 0 Å². The molecule has 0 bridgehead atoms. The Morgan fingerprint density at radius 1 is 1.48 bits per heavy atom. The van der Waals surface area contributed by atoms with Crippen molar-refractivity contribution < 1.29 is 4.79 Å². The van der Waals surface area contributed by atoms with Crippen LogP contribution in [-0.2, 0) is 11.2 Å². The number of nitrogens with zero attached hydrogens (tertiary/aromatic N) is 1. The molecule has 0 aliphatic rings. The summed E-state index contributed by atoms with van der Waals surface area (Å²) < 4.78 is 0. The first-order valence-electron chi connectivity index (χ1n) is 6.56. The van der Waals surface area contributed by atoms with Crippen LogP contribution in [0.2, 0.25) is 5.02 Å². The van der Waals surface area contributed by atoms with Crippen LogP contribution < -0.4 is 11.1 Å². The smallest absolute Gasteiger partial charge is 0.245 e. The molecule has 0 aliphatic heterocycles. The SMILES string of the molecule is Cc1ccc(Cc2cnc(NC(=O)C(C)(C)N)s2)cc1Cl. The normalized spacial score (nSPS) is 11.5. The van der Waals surface area contributed by atoms with Gasteiger partial charge >= 0.3 is 0 Å². The number of amides is 1. The number of anilines is 1. The number of carbonyl (C=O) groups excluding carboxylic acids is 1. The lowest BCUT2D eigenvalue weighted by atomic mass is 10.1. The number of nitrogens with one attached hydrogen (secondary N) is 1. The monoisotopic (exact) mass is 323 g/mol. The van der Waals surface area contributed by atoms with Crippen molar-refractivity contribution in [3.63, 3.8) is 0 Å².